The predicted octanol–water partition coefficient (Wildman–Crippen LogP) is 2.63. The van der Waals surface area contributed by atoms with E-state index in [0.29, 0.717) is 12.6 Å². The highest BCUT2D eigenvalue weighted by Gasteiger charge is 2.21. The van der Waals surface area contributed by atoms with Gasteiger partial charge in [-0.2, -0.15) is 5.10 Å². The summed E-state index contributed by atoms with van der Waals surface area (Å²) >= 11 is 0. The number of aromatic nitrogens is 2. The SMILES string of the molecule is CCCCN(c1c(CCN)c(C)nn1C)C(C)CC. The molecule has 1 rings (SSSR count). The van der Waals surface area contributed by atoms with Crippen molar-refractivity contribution < 1.29 is 0 Å². The van der Waals surface area contributed by atoms with Crippen molar-refractivity contribution in [3.8, 4) is 0 Å². The number of anilines is 1. The smallest absolute Gasteiger partial charge is 0.130 e. The van der Waals surface area contributed by atoms with E-state index in [4.69, 9.17) is 5.73 Å². The van der Waals surface area contributed by atoms with Crippen LogP contribution in [-0.4, -0.2) is 28.9 Å². The second-order valence-electron chi connectivity index (χ2n) is 5.35. The molecule has 0 aromatic carbocycles. The highest BCUT2D eigenvalue weighted by molar-refractivity contribution is 5.51. The first-order valence-electron chi connectivity index (χ1n) is 7.55. The number of unbranched alkanes of at least 4 members (excludes halogenated alkanes) is 1. The Bertz CT molecular complexity index is 384. The van der Waals surface area contributed by atoms with Gasteiger partial charge in [-0.15, -0.1) is 0 Å². The maximum Gasteiger partial charge on any atom is 0.130 e. The number of nitrogens with two attached hydrogens (primary N) is 1. The molecule has 0 aliphatic rings. The average molecular weight is 266 g/mol. The lowest BCUT2D eigenvalue weighted by Crippen LogP contribution is -2.35. The van der Waals surface area contributed by atoms with E-state index in [0.717, 1.165) is 25.1 Å². The molecule has 0 aliphatic carbocycles. The molecule has 0 saturated heterocycles. The first-order chi connectivity index (χ1) is 9.06. The van der Waals surface area contributed by atoms with Crippen molar-refractivity contribution in [2.24, 2.45) is 12.8 Å². The lowest BCUT2D eigenvalue weighted by molar-refractivity contribution is 0.570. The standard InChI is InChI=1S/C15H30N4/c1-6-8-11-19(12(3)7-2)15-14(9-10-16)13(4)17-18(15)5/h12H,6-11,16H2,1-5H3. The summed E-state index contributed by atoms with van der Waals surface area (Å²) in [6.07, 6.45) is 4.50. The first-order valence-corrected chi connectivity index (χ1v) is 7.55. The molecule has 1 aromatic heterocycles. The first kappa shape index (κ1) is 16.0. The lowest BCUT2D eigenvalue weighted by atomic mass is 10.1. The zero-order chi connectivity index (χ0) is 14.4. The van der Waals surface area contributed by atoms with Crippen LogP contribution in [0.2, 0.25) is 0 Å². The number of nitrogens with zero attached hydrogens (tertiary/aromatic N) is 3. The zero-order valence-electron chi connectivity index (χ0n) is 13.2. The molecule has 0 amide bonds. The highest BCUT2D eigenvalue weighted by Crippen LogP contribution is 2.26. The normalized spacial score (nSPS) is 12.7. The lowest BCUT2D eigenvalue weighted by Gasteiger charge is -2.31. The van der Waals surface area contributed by atoms with Crippen LogP contribution in [0.25, 0.3) is 0 Å². The van der Waals surface area contributed by atoms with Gasteiger partial charge in [0.25, 0.3) is 0 Å². The molecule has 110 valence electrons. The van der Waals surface area contributed by atoms with E-state index in [-0.39, 0.29) is 0 Å². The summed E-state index contributed by atoms with van der Waals surface area (Å²) in [6, 6.07) is 0.540. The Labute approximate surface area is 118 Å². The molecule has 0 spiro atoms. The van der Waals surface area contributed by atoms with Gasteiger partial charge in [0.2, 0.25) is 0 Å². The Kier molecular flexibility index (Phi) is 6.35. The van der Waals surface area contributed by atoms with E-state index in [9.17, 15) is 0 Å². The predicted molar refractivity (Wildman–Crippen MR) is 82.7 cm³/mol. The van der Waals surface area contributed by atoms with Gasteiger partial charge in [-0.05, 0) is 39.7 Å². The van der Waals surface area contributed by atoms with Gasteiger partial charge in [0.05, 0.1) is 5.69 Å². The fourth-order valence-corrected chi connectivity index (χ4v) is 2.57. The number of hydrogen-bond acceptors (Lipinski definition) is 3. The van der Waals surface area contributed by atoms with Gasteiger partial charge in [-0.1, -0.05) is 20.3 Å². The van der Waals surface area contributed by atoms with Crippen LogP contribution in [0.3, 0.4) is 0 Å². The van der Waals surface area contributed by atoms with Gasteiger partial charge < -0.3 is 10.6 Å². The molecular weight excluding hydrogens is 236 g/mol. The highest BCUT2D eigenvalue weighted by atomic mass is 15.4. The van der Waals surface area contributed by atoms with Crippen molar-refractivity contribution in [1.29, 1.82) is 0 Å². The molecule has 0 saturated carbocycles. The van der Waals surface area contributed by atoms with Gasteiger partial charge in [-0.3, -0.25) is 4.68 Å². The number of aryl methyl sites for hydroxylation is 2. The Hall–Kier alpha value is -1.03. The molecular formula is C15H30N4. The third-order valence-corrected chi connectivity index (χ3v) is 3.86. The monoisotopic (exact) mass is 266 g/mol. The quantitative estimate of drug-likeness (QED) is 0.787. The minimum atomic E-state index is 0.540. The third-order valence-electron chi connectivity index (χ3n) is 3.86. The zero-order valence-corrected chi connectivity index (χ0v) is 13.2. The number of rotatable bonds is 8. The van der Waals surface area contributed by atoms with E-state index < -0.39 is 0 Å². The van der Waals surface area contributed by atoms with Crippen LogP contribution in [-0.2, 0) is 13.5 Å². The molecule has 4 heteroatoms. The third kappa shape index (κ3) is 3.72. The van der Waals surface area contributed by atoms with E-state index in [1.54, 1.807) is 0 Å². The van der Waals surface area contributed by atoms with Crippen molar-refractivity contribution in [3.63, 3.8) is 0 Å². The molecule has 0 aliphatic heterocycles. The van der Waals surface area contributed by atoms with Crippen LogP contribution in [0.15, 0.2) is 0 Å². The van der Waals surface area contributed by atoms with Crippen molar-refractivity contribution in [1.82, 2.24) is 9.78 Å². The van der Waals surface area contributed by atoms with Crippen LogP contribution < -0.4 is 10.6 Å². The van der Waals surface area contributed by atoms with Crippen LogP contribution in [0.1, 0.15) is 51.3 Å². The fraction of sp³-hybridized carbons (Fsp3) is 0.800. The van der Waals surface area contributed by atoms with Crippen molar-refractivity contribution >= 4 is 5.82 Å². The van der Waals surface area contributed by atoms with E-state index in [1.807, 2.05) is 11.7 Å². The Morgan fingerprint density at radius 1 is 1.37 bits per heavy atom. The molecule has 2 N–H and O–H groups in total. The average Bonchev–Trinajstić information content (AvgIpc) is 2.66. The van der Waals surface area contributed by atoms with E-state index in [2.05, 4.69) is 37.7 Å². The summed E-state index contributed by atoms with van der Waals surface area (Å²) in [6.45, 7) is 10.6. The summed E-state index contributed by atoms with van der Waals surface area (Å²) in [5, 5.41) is 4.59. The largest absolute Gasteiger partial charge is 0.354 e. The maximum atomic E-state index is 5.76. The van der Waals surface area contributed by atoms with Crippen molar-refractivity contribution in [2.45, 2.75) is 59.4 Å². The molecule has 1 heterocycles. The maximum absolute atomic E-state index is 5.76. The van der Waals surface area contributed by atoms with Gasteiger partial charge in [-0.25, -0.2) is 0 Å². The van der Waals surface area contributed by atoms with E-state index >= 15 is 0 Å². The van der Waals surface area contributed by atoms with Crippen LogP contribution in [0.4, 0.5) is 5.82 Å². The van der Waals surface area contributed by atoms with Crippen LogP contribution in [0.5, 0.6) is 0 Å². The molecule has 0 fully saturated rings. The molecule has 1 atom stereocenters. The topological polar surface area (TPSA) is 47.1 Å². The summed E-state index contributed by atoms with van der Waals surface area (Å²) in [4.78, 5) is 2.51. The van der Waals surface area contributed by atoms with Crippen molar-refractivity contribution in [2.75, 3.05) is 18.0 Å². The fourth-order valence-electron chi connectivity index (χ4n) is 2.57. The van der Waals surface area contributed by atoms with Crippen LogP contribution >= 0.6 is 0 Å². The Morgan fingerprint density at radius 3 is 2.58 bits per heavy atom. The van der Waals surface area contributed by atoms with Gasteiger partial charge >= 0.3 is 0 Å². The molecule has 0 bridgehead atoms. The Balaban J connectivity index is 3.12. The number of hydrogen-bond donors (Lipinski definition) is 1. The van der Waals surface area contributed by atoms with Crippen molar-refractivity contribution in [3.05, 3.63) is 11.3 Å². The van der Waals surface area contributed by atoms with Gasteiger partial charge in [0.15, 0.2) is 0 Å². The summed E-state index contributed by atoms with van der Waals surface area (Å²) < 4.78 is 2.03. The minimum absolute atomic E-state index is 0.540. The Morgan fingerprint density at radius 2 is 2.05 bits per heavy atom. The molecule has 19 heavy (non-hydrogen) atoms. The molecule has 0 radical (unpaired) electrons. The molecule has 1 aromatic rings. The van der Waals surface area contributed by atoms with Gasteiger partial charge in [0.1, 0.15) is 5.82 Å². The summed E-state index contributed by atoms with van der Waals surface area (Å²) in [5.74, 6) is 1.27. The minimum Gasteiger partial charge on any atom is -0.354 e. The summed E-state index contributed by atoms with van der Waals surface area (Å²) in [5.41, 5.74) is 8.20. The second-order valence-corrected chi connectivity index (χ2v) is 5.35. The van der Waals surface area contributed by atoms with E-state index in [1.165, 1.54) is 24.2 Å². The van der Waals surface area contributed by atoms with Crippen LogP contribution in [0, 0.1) is 6.92 Å². The molecule has 4 nitrogen and oxygen atoms in total. The van der Waals surface area contributed by atoms with Gasteiger partial charge in [0, 0.05) is 25.2 Å². The molecule has 1 unspecified atom stereocenters. The second kappa shape index (κ2) is 7.53. The summed E-state index contributed by atoms with van der Waals surface area (Å²) in [7, 11) is 2.05.